The van der Waals surface area contributed by atoms with Crippen molar-refractivity contribution in [2.75, 3.05) is 11.9 Å². The lowest BCUT2D eigenvalue weighted by molar-refractivity contribution is -0.121. The number of hydrogen-bond donors (Lipinski definition) is 2. The van der Waals surface area contributed by atoms with Gasteiger partial charge in [0.05, 0.1) is 23.8 Å². The summed E-state index contributed by atoms with van der Waals surface area (Å²) in [5, 5.41) is 6.21. The molecule has 2 N–H and O–H groups in total. The fourth-order valence-corrected chi connectivity index (χ4v) is 1.93. The maximum Gasteiger partial charge on any atom is 0.222 e. The minimum atomic E-state index is -0.0174. The molecule has 0 radical (unpaired) electrons. The number of hydrogen-bond acceptors (Lipinski definition) is 3. The van der Waals surface area contributed by atoms with Crippen LogP contribution in [0.4, 0.5) is 11.4 Å². The third-order valence-corrected chi connectivity index (χ3v) is 2.86. The first kappa shape index (κ1) is 12.6. The van der Waals surface area contributed by atoms with Crippen molar-refractivity contribution < 1.29 is 4.79 Å². The van der Waals surface area contributed by atoms with Crippen molar-refractivity contribution in [2.24, 2.45) is 4.99 Å². The van der Waals surface area contributed by atoms with E-state index in [2.05, 4.69) is 21.7 Å². The minimum Gasteiger partial charge on any atom is -0.375 e. The summed E-state index contributed by atoms with van der Waals surface area (Å²) in [7, 11) is 0. The van der Waals surface area contributed by atoms with E-state index in [1.807, 2.05) is 32.2 Å². The quantitative estimate of drug-likeness (QED) is 0.856. The van der Waals surface area contributed by atoms with Gasteiger partial charge in [0.15, 0.2) is 0 Å². The Labute approximate surface area is 108 Å². The molecule has 0 spiro atoms. The predicted octanol–water partition coefficient (Wildman–Crippen LogP) is 2.41. The number of nitrogens with one attached hydrogen (secondary N) is 2. The summed E-state index contributed by atoms with van der Waals surface area (Å²) in [5.41, 5.74) is 3.13. The average Bonchev–Trinajstić information content (AvgIpc) is 2.36. The van der Waals surface area contributed by atoms with Gasteiger partial charge in [0.1, 0.15) is 0 Å². The summed E-state index contributed by atoms with van der Waals surface area (Å²) in [5.74, 6) is 0.0666. The van der Waals surface area contributed by atoms with Gasteiger partial charge in [-0.05, 0) is 31.0 Å². The van der Waals surface area contributed by atoms with E-state index in [1.165, 1.54) is 5.56 Å². The molecule has 4 heteroatoms. The van der Waals surface area contributed by atoms with Crippen LogP contribution in [0, 0.1) is 6.92 Å². The third-order valence-electron chi connectivity index (χ3n) is 2.86. The molecule has 1 atom stereocenters. The summed E-state index contributed by atoms with van der Waals surface area (Å²) in [6.07, 6.45) is 3.19. The van der Waals surface area contributed by atoms with Crippen LogP contribution in [0.25, 0.3) is 0 Å². The van der Waals surface area contributed by atoms with Crippen molar-refractivity contribution in [3.05, 3.63) is 23.8 Å². The normalized spacial score (nSPS) is 16.9. The number of carbonyl (C=O) groups is 1. The molecule has 0 fully saturated rings. The number of rotatable bonds is 4. The van der Waals surface area contributed by atoms with Gasteiger partial charge < -0.3 is 10.6 Å². The summed E-state index contributed by atoms with van der Waals surface area (Å²) in [4.78, 5) is 16.0. The average molecular weight is 245 g/mol. The topological polar surface area (TPSA) is 53.5 Å². The first-order valence-electron chi connectivity index (χ1n) is 6.37. The number of nitrogens with zero attached hydrogens (tertiary/aromatic N) is 1. The van der Waals surface area contributed by atoms with E-state index in [0.29, 0.717) is 6.42 Å². The Balaban J connectivity index is 1.97. The zero-order chi connectivity index (χ0) is 13.0. The highest BCUT2D eigenvalue weighted by molar-refractivity contribution is 5.88. The van der Waals surface area contributed by atoms with Crippen molar-refractivity contribution in [3.8, 4) is 0 Å². The Morgan fingerprint density at radius 3 is 3.11 bits per heavy atom. The van der Waals surface area contributed by atoms with E-state index < -0.39 is 0 Å². The van der Waals surface area contributed by atoms with Crippen molar-refractivity contribution in [1.82, 2.24) is 5.32 Å². The van der Waals surface area contributed by atoms with Crippen LogP contribution < -0.4 is 10.6 Å². The van der Waals surface area contributed by atoms with Gasteiger partial charge in [-0.2, -0.15) is 0 Å². The Morgan fingerprint density at radius 1 is 1.50 bits per heavy atom. The second-order valence-electron chi connectivity index (χ2n) is 4.60. The molecule has 4 nitrogen and oxygen atoms in total. The third kappa shape index (κ3) is 3.09. The Kier molecular flexibility index (Phi) is 3.97. The van der Waals surface area contributed by atoms with E-state index in [-0.39, 0.29) is 11.9 Å². The van der Waals surface area contributed by atoms with Crippen molar-refractivity contribution in [3.63, 3.8) is 0 Å². The monoisotopic (exact) mass is 245 g/mol. The highest BCUT2D eigenvalue weighted by Gasteiger charge is 2.16. The van der Waals surface area contributed by atoms with Gasteiger partial charge in [-0.15, -0.1) is 0 Å². The highest BCUT2D eigenvalue weighted by Crippen LogP contribution is 2.29. The molecule has 1 aromatic carbocycles. The fraction of sp³-hybridized carbons (Fsp3) is 0.429. The van der Waals surface area contributed by atoms with Gasteiger partial charge in [0, 0.05) is 12.8 Å². The molecule has 18 heavy (non-hydrogen) atoms. The lowest BCUT2D eigenvalue weighted by atomic mass is 10.1. The zero-order valence-corrected chi connectivity index (χ0v) is 10.9. The molecular weight excluding hydrogens is 226 g/mol. The Hall–Kier alpha value is -1.84. The predicted molar refractivity (Wildman–Crippen MR) is 74.7 cm³/mol. The molecular formula is C14H19N3O. The van der Waals surface area contributed by atoms with E-state index in [0.717, 1.165) is 24.3 Å². The van der Waals surface area contributed by atoms with Crippen LogP contribution in [-0.4, -0.2) is 24.7 Å². The van der Waals surface area contributed by atoms with Crippen LogP contribution in [0.2, 0.25) is 0 Å². The van der Waals surface area contributed by atoms with Crippen LogP contribution in [0.15, 0.2) is 23.2 Å². The molecule has 1 aliphatic heterocycles. The van der Waals surface area contributed by atoms with E-state index >= 15 is 0 Å². The molecule has 1 aliphatic rings. The van der Waals surface area contributed by atoms with Crippen LogP contribution >= 0.6 is 0 Å². The second-order valence-corrected chi connectivity index (χ2v) is 4.60. The van der Waals surface area contributed by atoms with Crippen molar-refractivity contribution >= 4 is 23.5 Å². The maximum atomic E-state index is 11.6. The van der Waals surface area contributed by atoms with Crippen molar-refractivity contribution in [1.29, 1.82) is 0 Å². The van der Waals surface area contributed by atoms with Crippen molar-refractivity contribution in [2.45, 2.75) is 32.7 Å². The van der Waals surface area contributed by atoms with Gasteiger partial charge in [-0.25, -0.2) is 0 Å². The molecule has 0 saturated carbocycles. The fourth-order valence-electron chi connectivity index (χ4n) is 1.93. The molecule has 1 heterocycles. The number of aryl methyl sites for hydroxylation is 1. The second kappa shape index (κ2) is 5.67. The molecule has 1 amide bonds. The minimum absolute atomic E-state index is 0.0174. The first-order valence-corrected chi connectivity index (χ1v) is 6.37. The summed E-state index contributed by atoms with van der Waals surface area (Å²) in [6, 6.07) is 6.06. The molecule has 1 unspecified atom stereocenters. The van der Waals surface area contributed by atoms with E-state index in [1.54, 1.807) is 0 Å². The number of carbonyl (C=O) groups excluding carboxylic acids is 1. The number of fused-ring (bicyclic) bond motifs is 1. The Morgan fingerprint density at radius 2 is 2.33 bits per heavy atom. The van der Waals surface area contributed by atoms with Crippen LogP contribution in [0.5, 0.6) is 0 Å². The first-order chi connectivity index (χ1) is 8.69. The van der Waals surface area contributed by atoms with Crippen LogP contribution in [0.1, 0.15) is 25.3 Å². The molecule has 0 bridgehead atoms. The number of amides is 1. The molecule has 1 aromatic rings. The lowest BCUT2D eigenvalue weighted by Crippen LogP contribution is -2.33. The smallest absolute Gasteiger partial charge is 0.222 e. The number of aliphatic imine (C=N–C) groups is 1. The summed E-state index contributed by atoms with van der Waals surface area (Å²) >= 11 is 0. The summed E-state index contributed by atoms with van der Waals surface area (Å²) < 4.78 is 0. The standard InChI is InChI=1S/C14H19N3O/c1-3-6-15-14(18)8-11-9-16-12-5-4-10(2)7-13(12)17-11/h4-5,7,9,11,17H,3,6,8H2,1-2H3,(H,15,18). The summed E-state index contributed by atoms with van der Waals surface area (Å²) in [6.45, 7) is 4.82. The van der Waals surface area contributed by atoms with Gasteiger partial charge >= 0.3 is 0 Å². The number of benzene rings is 1. The number of anilines is 1. The molecule has 0 aliphatic carbocycles. The highest BCUT2D eigenvalue weighted by atomic mass is 16.1. The lowest BCUT2D eigenvalue weighted by Gasteiger charge is -2.21. The van der Waals surface area contributed by atoms with Gasteiger partial charge in [-0.3, -0.25) is 9.79 Å². The largest absolute Gasteiger partial charge is 0.375 e. The molecule has 0 aromatic heterocycles. The van der Waals surface area contributed by atoms with Gasteiger partial charge in [-0.1, -0.05) is 13.0 Å². The SMILES string of the molecule is CCCNC(=O)CC1C=Nc2ccc(C)cc2N1. The molecule has 2 rings (SSSR count). The van der Waals surface area contributed by atoms with Crippen LogP contribution in [-0.2, 0) is 4.79 Å². The zero-order valence-electron chi connectivity index (χ0n) is 10.9. The maximum absolute atomic E-state index is 11.6. The van der Waals surface area contributed by atoms with Gasteiger partial charge in [0.25, 0.3) is 0 Å². The Bertz CT molecular complexity index is 468. The van der Waals surface area contributed by atoms with Crippen LogP contribution in [0.3, 0.4) is 0 Å². The van der Waals surface area contributed by atoms with Gasteiger partial charge in [0.2, 0.25) is 5.91 Å². The molecule has 96 valence electrons. The van der Waals surface area contributed by atoms with E-state index in [9.17, 15) is 4.79 Å². The molecule has 0 saturated heterocycles. The van der Waals surface area contributed by atoms with E-state index in [4.69, 9.17) is 0 Å².